The summed E-state index contributed by atoms with van der Waals surface area (Å²) >= 11 is 6.08. The lowest BCUT2D eigenvalue weighted by Crippen LogP contribution is -2.47. The molecule has 9 heteroatoms. The van der Waals surface area contributed by atoms with Gasteiger partial charge >= 0.3 is 0 Å². The van der Waals surface area contributed by atoms with E-state index in [9.17, 15) is 8.42 Å². The molecule has 0 atom stereocenters. The van der Waals surface area contributed by atoms with E-state index in [2.05, 4.69) is 24.8 Å². The van der Waals surface area contributed by atoms with E-state index in [1.807, 2.05) is 49.5 Å². The number of rotatable bonds is 11. The number of hydrogen-bond donors (Lipinski definition) is 2. The lowest BCUT2D eigenvalue weighted by Gasteiger charge is -2.34. The highest BCUT2D eigenvalue weighted by Crippen LogP contribution is 2.24. The monoisotopic (exact) mass is 515 g/mol. The molecule has 0 bridgehead atoms. The minimum atomic E-state index is -3.43. The summed E-state index contributed by atoms with van der Waals surface area (Å²) in [6.07, 6.45) is 3.69. The Kier molecular flexibility index (Phi) is 8.97. The second kappa shape index (κ2) is 12.1. The van der Waals surface area contributed by atoms with Gasteiger partial charge in [-0.1, -0.05) is 29.3 Å². The summed E-state index contributed by atoms with van der Waals surface area (Å²) in [5, 5.41) is 5.33. The Labute approximate surface area is 213 Å². The van der Waals surface area contributed by atoms with Crippen LogP contribution in [0.5, 0.6) is 0 Å². The van der Waals surface area contributed by atoms with Crippen molar-refractivity contribution in [3.05, 3.63) is 65.3 Å². The van der Waals surface area contributed by atoms with Gasteiger partial charge in [0.05, 0.1) is 10.4 Å². The molecule has 188 valence electrons. The van der Waals surface area contributed by atoms with E-state index in [4.69, 9.17) is 11.6 Å². The molecule has 4 rings (SSSR count). The van der Waals surface area contributed by atoms with Crippen LogP contribution in [0, 0.1) is 6.92 Å². The molecule has 0 spiro atoms. The number of nitrogens with one attached hydrogen (secondary N) is 2. The van der Waals surface area contributed by atoms with Gasteiger partial charge < -0.3 is 15.1 Å². The third-order valence-electron chi connectivity index (χ3n) is 6.41. The summed E-state index contributed by atoms with van der Waals surface area (Å²) in [5.41, 5.74) is 3.04. The zero-order valence-electron chi connectivity index (χ0n) is 20.2. The predicted octanol–water partition coefficient (Wildman–Crippen LogP) is 3.98. The van der Waals surface area contributed by atoms with E-state index in [-0.39, 0.29) is 0 Å². The summed E-state index contributed by atoms with van der Waals surface area (Å²) < 4.78 is 27.5. The molecule has 0 saturated carbocycles. The van der Waals surface area contributed by atoms with E-state index in [1.54, 1.807) is 12.1 Å². The van der Waals surface area contributed by atoms with E-state index in [1.165, 1.54) is 0 Å². The van der Waals surface area contributed by atoms with Gasteiger partial charge in [0.2, 0.25) is 10.0 Å². The number of aromatic nitrogens is 1. The first kappa shape index (κ1) is 25.9. The Morgan fingerprint density at radius 2 is 1.57 bits per heavy atom. The summed E-state index contributed by atoms with van der Waals surface area (Å²) in [5.74, 6) is 0. The molecule has 0 unspecified atom stereocenters. The fraction of sp³-hybridized carbons (Fsp3) is 0.423. The highest BCUT2D eigenvalue weighted by Gasteiger charge is 2.17. The van der Waals surface area contributed by atoms with Crippen LogP contribution in [-0.2, 0) is 10.0 Å². The number of nitrogens with zero attached hydrogens (tertiary/aromatic N) is 3. The zero-order chi connectivity index (χ0) is 24.7. The summed E-state index contributed by atoms with van der Waals surface area (Å²) in [7, 11) is -3.43. The SMILES string of the molecule is Cc1ccc(S(=O)(=O)NCCCN2CCN(CCCNc3ccnc4cc(Cl)ccc34)CC2)cc1. The van der Waals surface area contributed by atoms with Crippen LogP contribution >= 0.6 is 11.6 Å². The average molecular weight is 516 g/mol. The quantitative estimate of drug-likeness (QED) is 0.376. The zero-order valence-corrected chi connectivity index (χ0v) is 21.8. The van der Waals surface area contributed by atoms with Gasteiger partial charge in [0.15, 0.2) is 0 Å². The van der Waals surface area contributed by atoms with Crippen LogP contribution in [0.2, 0.25) is 5.02 Å². The second-order valence-corrected chi connectivity index (χ2v) is 11.3. The Balaban J connectivity index is 1.10. The van der Waals surface area contributed by atoms with E-state index < -0.39 is 10.0 Å². The predicted molar refractivity (Wildman–Crippen MR) is 144 cm³/mol. The standard InChI is InChI=1S/C26H34ClN5O2S/c1-21-4-7-23(8-5-21)35(33,34)30-12-3-15-32-18-16-31(17-19-32)14-2-11-28-25-10-13-29-26-20-22(27)6-9-24(25)26/h4-10,13,20,30H,2-3,11-12,14-19H2,1H3,(H,28,29). The number of halogens is 1. The van der Waals surface area contributed by atoms with Gasteiger partial charge in [0.1, 0.15) is 0 Å². The highest BCUT2D eigenvalue weighted by atomic mass is 35.5. The normalized spacial score (nSPS) is 15.5. The molecule has 0 amide bonds. The fourth-order valence-corrected chi connectivity index (χ4v) is 5.59. The highest BCUT2D eigenvalue weighted by molar-refractivity contribution is 7.89. The third kappa shape index (κ3) is 7.38. The number of piperazine rings is 1. The van der Waals surface area contributed by atoms with Gasteiger partial charge in [0, 0.05) is 61.6 Å². The lowest BCUT2D eigenvalue weighted by atomic mass is 10.2. The molecule has 7 nitrogen and oxygen atoms in total. The maximum Gasteiger partial charge on any atom is 0.240 e. The Morgan fingerprint density at radius 1 is 0.914 bits per heavy atom. The molecule has 3 aromatic rings. The van der Waals surface area contributed by atoms with Crippen LogP contribution in [0.15, 0.2) is 59.6 Å². The van der Waals surface area contributed by atoms with Crippen molar-refractivity contribution in [3.8, 4) is 0 Å². The Hall–Kier alpha value is -2.23. The van der Waals surface area contributed by atoms with Gasteiger partial charge in [-0.25, -0.2) is 13.1 Å². The van der Waals surface area contributed by atoms with Crippen molar-refractivity contribution in [2.75, 3.05) is 57.7 Å². The number of anilines is 1. The van der Waals surface area contributed by atoms with Crippen molar-refractivity contribution in [3.63, 3.8) is 0 Å². The molecule has 1 aliphatic rings. The number of hydrogen-bond acceptors (Lipinski definition) is 6. The molecule has 1 saturated heterocycles. The van der Waals surface area contributed by atoms with Crippen LogP contribution in [0.4, 0.5) is 5.69 Å². The van der Waals surface area contributed by atoms with Crippen molar-refractivity contribution in [2.24, 2.45) is 0 Å². The first-order chi connectivity index (χ1) is 16.9. The van der Waals surface area contributed by atoms with Crippen LogP contribution in [-0.4, -0.2) is 75.6 Å². The van der Waals surface area contributed by atoms with Crippen molar-refractivity contribution >= 4 is 38.2 Å². The number of fused-ring (bicyclic) bond motifs is 1. The summed E-state index contributed by atoms with van der Waals surface area (Å²) in [6, 6.07) is 14.8. The number of pyridine rings is 1. The topological polar surface area (TPSA) is 77.6 Å². The lowest BCUT2D eigenvalue weighted by molar-refractivity contribution is 0.131. The van der Waals surface area contributed by atoms with Crippen LogP contribution in [0.1, 0.15) is 18.4 Å². The van der Waals surface area contributed by atoms with Crippen molar-refractivity contribution in [2.45, 2.75) is 24.7 Å². The van der Waals surface area contributed by atoms with Crippen LogP contribution < -0.4 is 10.0 Å². The molecular formula is C26H34ClN5O2S. The second-order valence-electron chi connectivity index (χ2n) is 9.05. The maximum atomic E-state index is 12.4. The van der Waals surface area contributed by atoms with Gasteiger partial charge in [-0.15, -0.1) is 0 Å². The fourth-order valence-electron chi connectivity index (χ4n) is 4.35. The van der Waals surface area contributed by atoms with Gasteiger partial charge in [-0.05, 0) is 69.3 Å². The molecule has 0 radical (unpaired) electrons. The summed E-state index contributed by atoms with van der Waals surface area (Å²) in [4.78, 5) is 9.64. The molecule has 1 fully saturated rings. The minimum absolute atomic E-state index is 0.327. The minimum Gasteiger partial charge on any atom is -0.384 e. The van der Waals surface area contributed by atoms with E-state index in [0.717, 1.165) is 80.8 Å². The number of aryl methyl sites for hydroxylation is 1. The van der Waals surface area contributed by atoms with Gasteiger partial charge in [-0.2, -0.15) is 0 Å². The Morgan fingerprint density at radius 3 is 2.26 bits per heavy atom. The molecule has 2 heterocycles. The number of benzene rings is 2. The van der Waals surface area contributed by atoms with Gasteiger partial charge in [-0.3, -0.25) is 4.98 Å². The first-order valence-corrected chi connectivity index (χ1v) is 14.1. The average Bonchev–Trinajstić information content (AvgIpc) is 2.85. The van der Waals surface area contributed by atoms with Crippen LogP contribution in [0.3, 0.4) is 0 Å². The van der Waals surface area contributed by atoms with Crippen LogP contribution in [0.25, 0.3) is 10.9 Å². The molecule has 1 aliphatic heterocycles. The van der Waals surface area contributed by atoms with Crippen molar-refractivity contribution in [1.82, 2.24) is 19.5 Å². The van der Waals surface area contributed by atoms with E-state index in [0.29, 0.717) is 16.5 Å². The molecule has 35 heavy (non-hydrogen) atoms. The third-order valence-corrected chi connectivity index (χ3v) is 8.12. The molecule has 2 aromatic carbocycles. The van der Waals surface area contributed by atoms with E-state index >= 15 is 0 Å². The number of sulfonamides is 1. The van der Waals surface area contributed by atoms with Gasteiger partial charge in [0.25, 0.3) is 0 Å². The molecular weight excluding hydrogens is 482 g/mol. The largest absolute Gasteiger partial charge is 0.384 e. The molecule has 1 aromatic heterocycles. The molecule has 2 N–H and O–H groups in total. The maximum absolute atomic E-state index is 12.4. The smallest absolute Gasteiger partial charge is 0.240 e. The van der Waals surface area contributed by atoms with Crippen molar-refractivity contribution < 1.29 is 8.42 Å². The van der Waals surface area contributed by atoms with Crippen molar-refractivity contribution in [1.29, 1.82) is 0 Å². The Bertz CT molecular complexity index is 1210. The first-order valence-electron chi connectivity index (χ1n) is 12.2. The molecule has 0 aliphatic carbocycles. The summed E-state index contributed by atoms with van der Waals surface area (Å²) in [6.45, 7) is 9.42.